The van der Waals surface area contributed by atoms with Gasteiger partial charge in [-0.1, -0.05) is 35.9 Å². The zero-order chi connectivity index (χ0) is 15.5. The summed E-state index contributed by atoms with van der Waals surface area (Å²) in [7, 11) is 0. The van der Waals surface area contributed by atoms with Crippen LogP contribution >= 0.6 is 0 Å². The van der Waals surface area contributed by atoms with Crippen LogP contribution in [0, 0.1) is 6.92 Å². The van der Waals surface area contributed by atoms with Gasteiger partial charge in [0.05, 0.1) is 5.69 Å². The van der Waals surface area contributed by atoms with Crippen molar-refractivity contribution in [2.24, 2.45) is 0 Å². The van der Waals surface area contributed by atoms with E-state index in [1.54, 1.807) is 4.68 Å². The summed E-state index contributed by atoms with van der Waals surface area (Å²) in [5.74, 6) is -0.697. The molecule has 0 aliphatic rings. The van der Waals surface area contributed by atoms with Crippen molar-refractivity contribution in [1.82, 2.24) is 9.78 Å². The van der Waals surface area contributed by atoms with Crippen LogP contribution in [0.4, 0.5) is 11.5 Å². The number of aromatic carboxylic acids is 1. The van der Waals surface area contributed by atoms with E-state index in [0.29, 0.717) is 5.82 Å². The highest BCUT2D eigenvalue weighted by molar-refractivity contribution is 5.94. The zero-order valence-corrected chi connectivity index (χ0v) is 12.0. The molecule has 0 amide bonds. The van der Waals surface area contributed by atoms with E-state index in [4.69, 9.17) is 0 Å². The first-order chi connectivity index (χ1) is 10.6. The number of para-hydroxylation sites is 1. The molecular formula is C17H15N3O2. The number of carboxylic acids is 1. The highest BCUT2D eigenvalue weighted by Crippen LogP contribution is 2.21. The monoisotopic (exact) mass is 293 g/mol. The molecule has 1 aromatic heterocycles. The Labute approximate surface area is 127 Å². The van der Waals surface area contributed by atoms with Crippen molar-refractivity contribution in [1.29, 1.82) is 0 Å². The Kier molecular flexibility index (Phi) is 3.62. The minimum absolute atomic E-state index is 0.129. The molecule has 0 aliphatic carbocycles. The number of aryl methyl sites for hydroxylation is 1. The lowest BCUT2D eigenvalue weighted by molar-refractivity contribution is 0.0698. The SMILES string of the molecule is Cc1ccc(Nc2nn(-c3ccccc3)cc2C(=O)O)cc1. The largest absolute Gasteiger partial charge is 0.477 e. The van der Waals surface area contributed by atoms with Crippen LogP contribution in [0.2, 0.25) is 0 Å². The second-order valence-corrected chi connectivity index (χ2v) is 4.97. The number of hydrogen-bond donors (Lipinski definition) is 2. The summed E-state index contributed by atoms with van der Waals surface area (Å²) in [4.78, 5) is 11.4. The van der Waals surface area contributed by atoms with E-state index in [1.165, 1.54) is 6.20 Å². The van der Waals surface area contributed by atoms with Crippen LogP contribution in [0.5, 0.6) is 0 Å². The Bertz CT molecular complexity index is 793. The Morgan fingerprint density at radius 2 is 1.77 bits per heavy atom. The number of rotatable bonds is 4. The normalized spacial score (nSPS) is 10.4. The van der Waals surface area contributed by atoms with Crippen LogP contribution < -0.4 is 5.32 Å². The third-order valence-electron chi connectivity index (χ3n) is 3.28. The van der Waals surface area contributed by atoms with Gasteiger partial charge in [-0.25, -0.2) is 9.48 Å². The van der Waals surface area contributed by atoms with Gasteiger partial charge in [-0.2, -0.15) is 0 Å². The molecule has 22 heavy (non-hydrogen) atoms. The predicted octanol–water partition coefficient (Wildman–Crippen LogP) is 3.62. The fourth-order valence-electron chi connectivity index (χ4n) is 2.11. The maximum absolute atomic E-state index is 11.4. The summed E-state index contributed by atoms with van der Waals surface area (Å²) in [5, 5.41) is 16.8. The van der Waals surface area contributed by atoms with Crippen molar-refractivity contribution < 1.29 is 9.90 Å². The smallest absolute Gasteiger partial charge is 0.341 e. The first-order valence-corrected chi connectivity index (χ1v) is 6.85. The molecule has 0 saturated heterocycles. The Morgan fingerprint density at radius 1 is 1.09 bits per heavy atom. The van der Waals surface area contributed by atoms with E-state index in [9.17, 15) is 9.90 Å². The lowest BCUT2D eigenvalue weighted by Crippen LogP contribution is -2.00. The molecule has 0 bridgehead atoms. The van der Waals surface area contributed by atoms with Crippen LogP contribution in [0.1, 0.15) is 15.9 Å². The van der Waals surface area contributed by atoms with Gasteiger partial charge in [-0.3, -0.25) is 0 Å². The van der Waals surface area contributed by atoms with E-state index in [1.807, 2.05) is 61.5 Å². The molecule has 0 unspecified atom stereocenters. The summed E-state index contributed by atoms with van der Waals surface area (Å²) in [6.45, 7) is 2.00. The van der Waals surface area contributed by atoms with Crippen molar-refractivity contribution in [3.63, 3.8) is 0 Å². The number of anilines is 2. The molecule has 2 N–H and O–H groups in total. The standard InChI is InChI=1S/C17H15N3O2/c1-12-7-9-13(10-8-12)18-16-15(17(21)22)11-20(19-16)14-5-3-2-4-6-14/h2-11H,1H3,(H,18,19)(H,21,22). The maximum atomic E-state index is 11.4. The number of aromatic nitrogens is 2. The second-order valence-electron chi connectivity index (χ2n) is 4.97. The molecule has 5 nitrogen and oxygen atoms in total. The summed E-state index contributed by atoms with van der Waals surface area (Å²) < 4.78 is 1.56. The predicted molar refractivity (Wildman–Crippen MR) is 85.0 cm³/mol. The molecule has 0 atom stereocenters. The van der Waals surface area contributed by atoms with Crippen LogP contribution in [-0.2, 0) is 0 Å². The Balaban J connectivity index is 1.97. The zero-order valence-electron chi connectivity index (χ0n) is 12.0. The Morgan fingerprint density at radius 3 is 2.41 bits per heavy atom. The number of nitrogens with zero attached hydrogens (tertiary/aromatic N) is 2. The Hall–Kier alpha value is -3.08. The second kappa shape index (κ2) is 5.73. The van der Waals surface area contributed by atoms with E-state index in [-0.39, 0.29) is 5.56 Å². The summed E-state index contributed by atoms with van der Waals surface area (Å²) in [6.07, 6.45) is 1.51. The van der Waals surface area contributed by atoms with Crippen molar-refractivity contribution in [2.45, 2.75) is 6.92 Å². The average molecular weight is 293 g/mol. The molecule has 2 aromatic carbocycles. The quantitative estimate of drug-likeness (QED) is 0.771. The first kappa shape index (κ1) is 13.9. The number of benzene rings is 2. The van der Waals surface area contributed by atoms with Crippen molar-refractivity contribution in [2.75, 3.05) is 5.32 Å². The first-order valence-electron chi connectivity index (χ1n) is 6.85. The number of carbonyl (C=O) groups is 1. The van der Waals surface area contributed by atoms with Gasteiger partial charge in [0, 0.05) is 11.9 Å². The van der Waals surface area contributed by atoms with Crippen molar-refractivity contribution in [3.8, 4) is 5.69 Å². The molecule has 3 aromatic rings. The number of carboxylic acid groups (broad SMARTS) is 1. The van der Waals surface area contributed by atoms with E-state index >= 15 is 0 Å². The van der Waals surface area contributed by atoms with Gasteiger partial charge in [0.15, 0.2) is 5.82 Å². The fraction of sp³-hybridized carbons (Fsp3) is 0.0588. The van der Waals surface area contributed by atoms with Gasteiger partial charge in [0.25, 0.3) is 0 Å². The van der Waals surface area contributed by atoms with Gasteiger partial charge >= 0.3 is 5.97 Å². The van der Waals surface area contributed by atoms with Gasteiger partial charge < -0.3 is 10.4 Å². The van der Waals surface area contributed by atoms with Crippen LogP contribution in [0.25, 0.3) is 5.69 Å². The van der Waals surface area contributed by atoms with Crippen molar-refractivity contribution in [3.05, 3.63) is 71.9 Å². The van der Waals surface area contributed by atoms with Crippen molar-refractivity contribution >= 4 is 17.5 Å². The van der Waals surface area contributed by atoms with Gasteiger partial charge in [-0.05, 0) is 31.2 Å². The number of hydrogen-bond acceptors (Lipinski definition) is 3. The van der Waals surface area contributed by atoms with Gasteiger partial charge in [0.1, 0.15) is 5.56 Å². The van der Waals surface area contributed by atoms with Gasteiger partial charge in [0.2, 0.25) is 0 Å². The third-order valence-corrected chi connectivity index (χ3v) is 3.28. The summed E-state index contributed by atoms with van der Waals surface area (Å²) in [5.41, 5.74) is 2.87. The molecule has 110 valence electrons. The maximum Gasteiger partial charge on any atom is 0.341 e. The summed E-state index contributed by atoms with van der Waals surface area (Å²) >= 11 is 0. The molecule has 0 spiro atoms. The lowest BCUT2D eigenvalue weighted by Gasteiger charge is -2.04. The molecular weight excluding hydrogens is 278 g/mol. The lowest BCUT2D eigenvalue weighted by atomic mass is 10.2. The highest BCUT2D eigenvalue weighted by atomic mass is 16.4. The minimum atomic E-state index is -1.02. The van der Waals surface area contributed by atoms with Crippen LogP contribution in [-0.4, -0.2) is 20.9 Å². The number of nitrogens with one attached hydrogen (secondary N) is 1. The third kappa shape index (κ3) is 2.83. The molecule has 0 radical (unpaired) electrons. The van der Waals surface area contributed by atoms with Crippen LogP contribution in [0.15, 0.2) is 60.8 Å². The van der Waals surface area contributed by atoms with E-state index in [0.717, 1.165) is 16.9 Å². The highest BCUT2D eigenvalue weighted by Gasteiger charge is 2.16. The average Bonchev–Trinajstić information content (AvgIpc) is 2.95. The van der Waals surface area contributed by atoms with Gasteiger partial charge in [-0.15, -0.1) is 5.10 Å². The minimum Gasteiger partial charge on any atom is -0.477 e. The molecule has 5 heteroatoms. The topological polar surface area (TPSA) is 67.2 Å². The summed E-state index contributed by atoms with van der Waals surface area (Å²) in [6, 6.07) is 17.1. The fourth-order valence-corrected chi connectivity index (χ4v) is 2.11. The van der Waals surface area contributed by atoms with Crippen LogP contribution in [0.3, 0.4) is 0 Å². The molecule has 0 saturated carbocycles. The van der Waals surface area contributed by atoms with E-state index in [2.05, 4.69) is 10.4 Å². The molecule has 0 fully saturated rings. The molecule has 3 rings (SSSR count). The molecule has 0 aliphatic heterocycles. The van der Waals surface area contributed by atoms with E-state index < -0.39 is 5.97 Å². The molecule has 1 heterocycles.